The maximum atomic E-state index is 12.9. The molecule has 0 bridgehead atoms. The second-order valence-corrected chi connectivity index (χ2v) is 9.03. The van der Waals surface area contributed by atoms with Gasteiger partial charge in [0.05, 0.1) is 24.6 Å². The fourth-order valence-corrected chi connectivity index (χ4v) is 4.52. The highest BCUT2D eigenvalue weighted by atomic mass is 35.5. The molecule has 3 amide bonds. The van der Waals surface area contributed by atoms with Crippen LogP contribution in [0.15, 0.2) is 29.3 Å². The van der Waals surface area contributed by atoms with Gasteiger partial charge in [-0.3, -0.25) is 14.4 Å². The summed E-state index contributed by atoms with van der Waals surface area (Å²) in [4.78, 5) is 47.3. The van der Waals surface area contributed by atoms with Gasteiger partial charge >= 0.3 is 0 Å². The minimum Gasteiger partial charge on any atom is -0.378 e. The summed E-state index contributed by atoms with van der Waals surface area (Å²) in [5.41, 5.74) is 13.1. The van der Waals surface area contributed by atoms with Crippen LogP contribution >= 0.6 is 23.7 Å². The minimum absolute atomic E-state index is 0. The molecule has 6 N–H and O–H groups in total. The number of ether oxygens (including phenoxy) is 1. The summed E-state index contributed by atoms with van der Waals surface area (Å²) >= 11 is 1.14. The Morgan fingerprint density at radius 1 is 1.14 bits per heavy atom. The van der Waals surface area contributed by atoms with E-state index in [2.05, 4.69) is 20.6 Å². The van der Waals surface area contributed by atoms with Crippen molar-refractivity contribution in [2.45, 2.75) is 32.6 Å². The van der Waals surface area contributed by atoms with E-state index in [1.165, 1.54) is 6.92 Å². The third-order valence-corrected chi connectivity index (χ3v) is 6.26. The molecule has 0 saturated carbocycles. The molecule has 1 aromatic carbocycles. The van der Waals surface area contributed by atoms with Gasteiger partial charge in [-0.25, -0.2) is 9.98 Å². The second kappa shape index (κ2) is 14.4. The van der Waals surface area contributed by atoms with Crippen molar-refractivity contribution >= 4 is 58.2 Å². The summed E-state index contributed by atoms with van der Waals surface area (Å²) < 4.78 is 5.26. The molecule has 0 radical (unpaired) electrons. The summed E-state index contributed by atoms with van der Waals surface area (Å²) in [7, 11) is 0. The van der Waals surface area contributed by atoms with Gasteiger partial charge in [-0.2, -0.15) is 0 Å². The Morgan fingerprint density at radius 2 is 1.83 bits per heavy atom. The molecular weight excluding hydrogens is 506 g/mol. The Hall–Kier alpha value is -3.22. The van der Waals surface area contributed by atoms with Crippen molar-refractivity contribution in [3.05, 3.63) is 40.4 Å². The van der Waals surface area contributed by atoms with Crippen molar-refractivity contribution in [2.75, 3.05) is 38.2 Å². The Bertz CT molecular complexity index is 1060. The molecule has 0 spiro atoms. The average Bonchev–Trinajstić information content (AvgIpc) is 3.23. The molecule has 1 aliphatic rings. The molecule has 1 saturated heterocycles. The van der Waals surface area contributed by atoms with Crippen molar-refractivity contribution in [1.82, 2.24) is 15.2 Å². The number of aromatic nitrogens is 1. The lowest BCUT2D eigenvalue weighted by Crippen LogP contribution is -2.40. The van der Waals surface area contributed by atoms with Crippen molar-refractivity contribution in [3.63, 3.8) is 0 Å². The van der Waals surface area contributed by atoms with Gasteiger partial charge in [-0.15, -0.1) is 12.4 Å². The van der Waals surface area contributed by atoms with E-state index in [1.54, 1.807) is 4.90 Å². The molecule has 1 aromatic heterocycles. The molecule has 0 atom stereocenters. The van der Waals surface area contributed by atoms with Gasteiger partial charge in [0.1, 0.15) is 4.88 Å². The Labute approximate surface area is 220 Å². The largest absolute Gasteiger partial charge is 0.378 e. The van der Waals surface area contributed by atoms with E-state index in [0.717, 1.165) is 16.9 Å². The van der Waals surface area contributed by atoms with E-state index in [1.807, 2.05) is 24.3 Å². The van der Waals surface area contributed by atoms with Crippen molar-refractivity contribution < 1.29 is 19.1 Å². The number of halogens is 1. The van der Waals surface area contributed by atoms with Crippen LogP contribution in [-0.4, -0.2) is 66.4 Å². The second-order valence-electron chi connectivity index (χ2n) is 8.03. The maximum Gasteiger partial charge on any atom is 0.263 e. The number of morpholine rings is 1. The molecular formula is C23H32ClN7O4S. The van der Waals surface area contributed by atoms with Crippen LogP contribution in [0.2, 0.25) is 0 Å². The number of nitrogens with one attached hydrogen (secondary N) is 2. The lowest BCUT2D eigenvalue weighted by molar-refractivity contribution is -0.135. The first kappa shape index (κ1) is 29.0. The number of nitrogens with two attached hydrogens (primary N) is 2. The standard InChI is InChI=1S/C23H31N7O4S.ClH/c1-15(31)27-23-29-18(9-6-16-4-7-17(8-5-16)28-22(24)25)20(35-23)21(33)26-10-2-3-19(32)30-11-13-34-14-12-30;/h4-5,7-8H,2-3,6,9-14H2,1H3,(H,26,33)(H4,24,25,28)(H,27,29,31);1H. The molecule has 3 rings (SSSR count). The van der Waals surface area contributed by atoms with Crippen LogP contribution in [-0.2, 0) is 27.2 Å². The maximum absolute atomic E-state index is 12.9. The van der Waals surface area contributed by atoms with Crippen LogP contribution in [0.25, 0.3) is 0 Å². The molecule has 196 valence electrons. The van der Waals surface area contributed by atoms with Crippen LogP contribution in [0.3, 0.4) is 0 Å². The summed E-state index contributed by atoms with van der Waals surface area (Å²) in [6, 6.07) is 7.44. The lowest BCUT2D eigenvalue weighted by Gasteiger charge is -2.26. The van der Waals surface area contributed by atoms with E-state index >= 15 is 0 Å². The summed E-state index contributed by atoms with van der Waals surface area (Å²) in [5.74, 6) is -0.461. The molecule has 2 heterocycles. The third kappa shape index (κ3) is 9.10. The molecule has 2 aromatic rings. The van der Waals surface area contributed by atoms with Gasteiger partial charge in [-0.1, -0.05) is 23.5 Å². The number of rotatable bonds is 10. The Morgan fingerprint density at radius 3 is 2.47 bits per heavy atom. The van der Waals surface area contributed by atoms with Crippen molar-refractivity contribution in [2.24, 2.45) is 16.5 Å². The van der Waals surface area contributed by atoms with Gasteiger partial charge in [-0.05, 0) is 37.0 Å². The van der Waals surface area contributed by atoms with Crippen LogP contribution < -0.4 is 22.1 Å². The molecule has 13 heteroatoms. The number of thiazole rings is 1. The zero-order chi connectivity index (χ0) is 25.2. The van der Waals surface area contributed by atoms with E-state index in [0.29, 0.717) is 79.9 Å². The minimum atomic E-state index is -0.268. The predicted octanol–water partition coefficient (Wildman–Crippen LogP) is 1.58. The number of carbonyl (C=O) groups excluding carboxylic acids is 3. The monoisotopic (exact) mass is 537 g/mol. The first-order valence-electron chi connectivity index (χ1n) is 11.4. The Balaban J connectivity index is 0.00000456. The van der Waals surface area contributed by atoms with Gasteiger partial charge in [0, 0.05) is 33.0 Å². The molecule has 0 unspecified atom stereocenters. The number of carbonyl (C=O) groups is 3. The topological polar surface area (TPSA) is 165 Å². The number of hydrogen-bond acceptors (Lipinski definition) is 7. The number of amides is 3. The zero-order valence-electron chi connectivity index (χ0n) is 20.1. The van der Waals surface area contributed by atoms with Crippen molar-refractivity contribution in [1.29, 1.82) is 0 Å². The zero-order valence-corrected chi connectivity index (χ0v) is 21.8. The van der Waals surface area contributed by atoms with E-state index in [-0.39, 0.29) is 36.1 Å². The highest BCUT2D eigenvalue weighted by molar-refractivity contribution is 7.17. The normalized spacial score (nSPS) is 12.9. The van der Waals surface area contributed by atoms with E-state index in [4.69, 9.17) is 16.2 Å². The highest BCUT2D eigenvalue weighted by Crippen LogP contribution is 2.25. The fraction of sp³-hybridized carbons (Fsp3) is 0.435. The molecule has 11 nitrogen and oxygen atoms in total. The highest BCUT2D eigenvalue weighted by Gasteiger charge is 2.20. The van der Waals surface area contributed by atoms with E-state index in [9.17, 15) is 14.4 Å². The molecule has 1 aliphatic heterocycles. The summed E-state index contributed by atoms with van der Waals surface area (Å²) in [6.45, 7) is 4.11. The van der Waals surface area contributed by atoms with Gasteiger partial charge in [0.2, 0.25) is 11.8 Å². The Kier molecular flexibility index (Phi) is 11.6. The molecule has 36 heavy (non-hydrogen) atoms. The van der Waals surface area contributed by atoms with Crippen LogP contribution in [0.5, 0.6) is 0 Å². The molecule has 0 aliphatic carbocycles. The number of benzene rings is 1. The number of nitrogens with zero attached hydrogens (tertiary/aromatic N) is 3. The number of aryl methyl sites for hydroxylation is 2. The quantitative estimate of drug-likeness (QED) is 0.203. The molecule has 1 fully saturated rings. The van der Waals surface area contributed by atoms with Gasteiger partial charge in [0.15, 0.2) is 11.1 Å². The van der Waals surface area contributed by atoms with Crippen LogP contribution in [0.1, 0.15) is 40.7 Å². The number of aliphatic imine (C=N–C) groups is 1. The van der Waals surface area contributed by atoms with E-state index < -0.39 is 0 Å². The summed E-state index contributed by atoms with van der Waals surface area (Å²) in [6.07, 6.45) is 2.05. The first-order chi connectivity index (χ1) is 16.8. The average molecular weight is 538 g/mol. The third-order valence-electron chi connectivity index (χ3n) is 5.25. The number of guanidine groups is 1. The smallest absolute Gasteiger partial charge is 0.263 e. The van der Waals surface area contributed by atoms with Crippen LogP contribution in [0, 0.1) is 0 Å². The van der Waals surface area contributed by atoms with Crippen LogP contribution in [0.4, 0.5) is 10.8 Å². The SMILES string of the molecule is CC(=O)Nc1nc(CCc2ccc(N=C(N)N)cc2)c(C(=O)NCCCC(=O)N2CCOCC2)s1.Cl. The summed E-state index contributed by atoms with van der Waals surface area (Å²) in [5, 5.41) is 5.90. The van der Waals surface area contributed by atoms with Gasteiger partial charge in [0.25, 0.3) is 5.91 Å². The van der Waals surface area contributed by atoms with Gasteiger partial charge < -0.3 is 31.7 Å². The predicted molar refractivity (Wildman–Crippen MR) is 142 cm³/mol. The fourth-order valence-electron chi connectivity index (χ4n) is 3.54. The lowest BCUT2D eigenvalue weighted by atomic mass is 10.1. The van der Waals surface area contributed by atoms with Crippen molar-refractivity contribution in [3.8, 4) is 0 Å². The number of hydrogen-bond donors (Lipinski definition) is 4. The first-order valence-corrected chi connectivity index (χ1v) is 12.2. The number of anilines is 1.